The van der Waals surface area contributed by atoms with Crippen molar-refractivity contribution in [2.75, 3.05) is 0 Å². The summed E-state index contributed by atoms with van der Waals surface area (Å²) in [6.07, 6.45) is 3.34. The summed E-state index contributed by atoms with van der Waals surface area (Å²) in [5.74, 6) is 0. The first kappa shape index (κ1) is 3.92. The van der Waals surface area contributed by atoms with Gasteiger partial charge in [0.25, 0.3) is 0 Å². The third-order valence-corrected chi connectivity index (χ3v) is 1.04. The summed E-state index contributed by atoms with van der Waals surface area (Å²) in [5, 5.41) is 0. The second-order valence-corrected chi connectivity index (χ2v) is 1.70. The van der Waals surface area contributed by atoms with Gasteiger partial charge in [-0.15, -0.1) is 0 Å². The van der Waals surface area contributed by atoms with E-state index in [1.54, 1.807) is 0 Å². The first-order valence-corrected chi connectivity index (χ1v) is 2.78. The van der Waals surface area contributed by atoms with E-state index in [4.69, 9.17) is 0 Å². The molecule has 0 atom stereocenters. The Morgan fingerprint density at radius 2 is 2.50 bits per heavy atom. The molecule has 0 aromatic heterocycles. The molecule has 0 aromatic rings. The van der Waals surface area contributed by atoms with Crippen LogP contribution in [0, 0.1) is 0 Å². The summed E-state index contributed by atoms with van der Waals surface area (Å²) < 4.78 is 4.51. The van der Waals surface area contributed by atoms with Crippen LogP contribution in [-0.2, 0) is 8.83 Å². The summed E-state index contributed by atoms with van der Waals surface area (Å²) in [4.78, 5) is 6.34. The molecule has 6 heavy (non-hydrogen) atoms. The van der Waals surface area contributed by atoms with Crippen molar-refractivity contribution in [3.05, 3.63) is 12.3 Å². The second-order valence-electron chi connectivity index (χ2n) is 0.850. The van der Waals surface area contributed by atoms with Crippen molar-refractivity contribution in [1.29, 1.82) is 0 Å². The van der Waals surface area contributed by atoms with Crippen molar-refractivity contribution in [3.8, 4) is 0 Å². The molecule has 0 aromatic carbocycles. The number of allylic oxidation sites excluding steroid dienone is 1. The van der Waals surface area contributed by atoms with E-state index in [9.17, 15) is 0 Å². The molecule has 1 heterocycles. The maximum absolute atomic E-state index is 4.51. The third kappa shape index (κ3) is 0.854. The number of hydrogen-bond acceptors (Lipinski definition) is 2. The average molecular weight is 98.0 g/mol. The molecule has 1 rings (SSSR count). The first-order valence-electron chi connectivity index (χ1n) is 1.64. The topological polar surface area (TPSA) is 18.5 Å². The van der Waals surface area contributed by atoms with Gasteiger partial charge in [-0.05, 0) is 0 Å². The van der Waals surface area contributed by atoms with Crippen LogP contribution in [-0.4, -0.2) is 20.0 Å². The van der Waals surface area contributed by atoms with Crippen molar-refractivity contribution >= 4 is 20.0 Å². The summed E-state index contributed by atoms with van der Waals surface area (Å²) in [6.45, 7) is 0. The molecule has 0 amide bonds. The van der Waals surface area contributed by atoms with Gasteiger partial charge in [0.2, 0.25) is 0 Å². The standard InChI is InChI=1S/C3H4O2.Al/c1-2-3-5-4;/h1-4H;/q;+1/p-1. The molecule has 0 saturated heterocycles. The summed E-state index contributed by atoms with van der Waals surface area (Å²) in [7, 11) is 0. The van der Waals surface area contributed by atoms with Crippen LogP contribution in [0.1, 0.15) is 0 Å². The van der Waals surface area contributed by atoms with Crippen LogP contribution >= 0.6 is 0 Å². The van der Waals surface area contributed by atoms with Crippen LogP contribution in [0.3, 0.4) is 0 Å². The Morgan fingerprint density at radius 3 is 2.67 bits per heavy atom. The SMILES string of the molecule is C1=CO[O][Al]=[CH]1. The van der Waals surface area contributed by atoms with E-state index in [-0.39, 0.29) is 15.1 Å². The van der Waals surface area contributed by atoms with Gasteiger partial charge < -0.3 is 0 Å². The van der Waals surface area contributed by atoms with Crippen LogP contribution < -0.4 is 0 Å². The minimum atomic E-state index is -0.0289. The van der Waals surface area contributed by atoms with E-state index >= 15 is 0 Å². The van der Waals surface area contributed by atoms with Gasteiger partial charge in [-0.3, -0.25) is 0 Å². The van der Waals surface area contributed by atoms with Gasteiger partial charge >= 0.3 is 41.2 Å². The van der Waals surface area contributed by atoms with Crippen molar-refractivity contribution < 1.29 is 8.83 Å². The Kier molecular flexibility index (Phi) is 1.31. The van der Waals surface area contributed by atoms with Crippen molar-refractivity contribution in [2.45, 2.75) is 0 Å². The minimum absolute atomic E-state index is 0.0289. The zero-order valence-corrected chi connectivity index (χ0v) is 4.28. The first-order chi connectivity index (χ1) is 3.00. The summed E-state index contributed by atoms with van der Waals surface area (Å²) in [6, 6.07) is 0. The van der Waals surface area contributed by atoms with Crippen LogP contribution in [0.2, 0.25) is 0 Å². The van der Waals surface area contributed by atoms with E-state index in [2.05, 4.69) is 8.83 Å². The maximum atomic E-state index is 4.51. The van der Waals surface area contributed by atoms with Gasteiger partial charge in [0.05, 0.1) is 0 Å². The quantitative estimate of drug-likeness (QED) is 0.310. The Morgan fingerprint density at radius 1 is 1.50 bits per heavy atom. The zero-order valence-electron chi connectivity index (χ0n) is 3.13. The predicted octanol–water partition coefficient (Wildman–Crippen LogP) is -0.117. The van der Waals surface area contributed by atoms with Crippen molar-refractivity contribution in [3.63, 3.8) is 0 Å². The van der Waals surface area contributed by atoms with E-state index in [1.807, 2.05) is 11.0 Å². The summed E-state index contributed by atoms with van der Waals surface area (Å²) >= 11 is -0.0289. The van der Waals surface area contributed by atoms with Crippen molar-refractivity contribution in [2.24, 2.45) is 0 Å². The Hall–Kier alpha value is -0.258. The van der Waals surface area contributed by atoms with E-state index in [0.717, 1.165) is 0 Å². The summed E-state index contributed by atoms with van der Waals surface area (Å²) in [5.41, 5.74) is 0. The Labute approximate surface area is 41.9 Å². The van der Waals surface area contributed by atoms with E-state index in [0.29, 0.717) is 0 Å². The van der Waals surface area contributed by atoms with Crippen molar-refractivity contribution in [1.82, 2.24) is 0 Å². The average Bonchev–Trinajstić information content (AvgIpc) is 1.72. The zero-order chi connectivity index (χ0) is 4.24. The fourth-order valence-electron chi connectivity index (χ4n) is 0.219. The fraction of sp³-hybridized carbons (Fsp3) is 0. The molecule has 0 spiro atoms. The molecule has 0 radical (unpaired) electrons. The van der Waals surface area contributed by atoms with Crippen LogP contribution in [0.4, 0.5) is 0 Å². The fourth-order valence-corrected chi connectivity index (χ4v) is 0.593. The predicted molar refractivity (Wildman–Crippen MR) is 23.1 cm³/mol. The molecule has 0 aliphatic carbocycles. The molecule has 0 N–H and O–H groups in total. The molecule has 3 heteroatoms. The van der Waals surface area contributed by atoms with Gasteiger partial charge in [0.1, 0.15) is 0 Å². The molecule has 2 nitrogen and oxygen atoms in total. The number of hydrogen-bond donors (Lipinski definition) is 0. The van der Waals surface area contributed by atoms with Gasteiger partial charge in [0.15, 0.2) is 0 Å². The molecule has 0 unspecified atom stereocenters. The molecule has 0 saturated carbocycles. The van der Waals surface area contributed by atoms with Crippen LogP contribution in [0.5, 0.6) is 0 Å². The number of rotatable bonds is 0. The van der Waals surface area contributed by atoms with E-state index in [1.165, 1.54) is 6.26 Å². The molecule has 1 aliphatic rings. The molecule has 0 bridgehead atoms. The van der Waals surface area contributed by atoms with Gasteiger partial charge in [-0.25, -0.2) is 0 Å². The third-order valence-electron chi connectivity index (χ3n) is 0.435. The normalized spacial score (nSPS) is 14.7. The second kappa shape index (κ2) is 2.01. The Balaban J connectivity index is 2.46. The molecule has 30 valence electrons. The van der Waals surface area contributed by atoms with Gasteiger partial charge in [0, 0.05) is 0 Å². The van der Waals surface area contributed by atoms with E-state index < -0.39 is 0 Å². The van der Waals surface area contributed by atoms with Gasteiger partial charge in [-0.1, -0.05) is 0 Å². The van der Waals surface area contributed by atoms with Gasteiger partial charge in [-0.2, -0.15) is 0 Å². The monoisotopic (exact) mass is 98.0 g/mol. The molecular formula is C3H3AlO2. The Bertz CT molecular complexity index is 74.8. The van der Waals surface area contributed by atoms with Crippen LogP contribution in [0.25, 0.3) is 0 Å². The van der Waals surface area contributed by atoms with Crippen LogP contribution in [0.15, 0.2) is 12.3 Å². The molecule has 0 fully saturated rings. The molecular weight excluding hydrogens is 95.0 g/mol. The molecule has 1 aliphatic heterocycles.